The summed E-state index contributed by atoms with van der Waals surface area (Å²) in [5.74, 6) is 0.641. The van der Waals surface area contributed by atoms with Gasteiger partial charge in [-0.2, -0.15) is 4.58 Å². The van der Waals surface area contributed by atoms with Gasteiger partial charge in [0.05, 0.1) is 5.41 Å². The first-order chi connectivity index (χ1) is 14.9. The summed E-state index contributed by atoms with van der Waals surface area (Å²) >= 11 is 5.97. The molecule has 3 rings (SSSR count). The van der Waals surface area contributed by atoms with E-state index < -0.39 is 7.82 Å². The third-order valence-electron chi connectivity index (χ3n) is 5.73. The Balaban J connectivity index is 0.000000654. The molecule has 8 heteroatoms. The molecule has 0 radical (unpaired) electrons. The Hall–Kier alpha value is -1.95. The van der Waals surface area contributed by atoms with Crippen molar-refractivity contribution < 1.29 is 23.8 Å². The summed E-state index contributed by atoms with van der Waals surface area (Å²) in [6, 6.07) is 15.4. The van der Waals surface area contributed by atoms with Crippen molar-refractivity contribution in [2.75, 3.05) is 30.9 Å². The highest BCUT2D eigenvalue weighted by Gasteiger charge is 2.42. The average molecular weight is 479 g/mol. The lowest BCUT2D eigenvalue weighted by atomic mass is 9.81. The second-order valence-corrected chi connectivity index (χ2v) is 9.58. The third-order valence-corrected chi connectivity index (χ3v) is 5.89. The molecule has 6 nitrogen and oxygen atoms in total. The van der Waals surface area contributed by atoms with E-state index in [0.717, 1.165) is 13.1 Å². The molecule has 174 valence electrons. The molecule has 0 spiro atoms. The second kappa shape index (κ2) is 10.8. The van der Waals surface area contributed by atoms with Gasteiger partial charge < -0.3 is 19.6 Å². The molecule has 32 heavy (non-hydrogen) atoms. The highest BCUT2D eigenvalue weighted by Crippen LogP contribution is 2.39. The molecule has 0 aliphatic carbocycles. The van der Waals surface area contributed by atoms with E-state index in [2.05, 4.69) is 98.8 Å². The van der Waals surface area contributed by atoms with Crippen molar-refractivity contribution in [2.24, 2.45) is 0 Å². The molecule has 2 aromatic carbocycles. The number of hydrogen-bond acceptors (Lipinski definition) is 3. The maximum absolute atomic E-state index is 8.77. The van der Waals surface area contributed by atoms with Crippen LogP contribution in [0.15, 0.2) is 48.5 Å². The zero-order valence-corrected chi connectivity index (χ0v) is 20.9. The molecule has 1 aliphatic rings. The SMILES string of the molecule is CCN(CCCl)c1ccc(C)c(/C=C/C2=[N+](C)c3ccccc3C2(C)C)c1.O=P([O-])(O)O. The number of rotatable bonds is 6. The first kappa shape index (κ1) is 26.3. The molecular weight excluding hydrogens is 447 g/mol. The van der Waals surface area contributed by atoms with E-state index >= 15 is 0 Å². The molecule has 1 heterocycles. The van der Waals surface area contributed by atoms with Crippen molar-refractivity contribution in [1.82, 2.24) is 0 Å². The zero-order valence-electron chi connectivity index (χ0n) is 19.2. The van der Waals surface area contributed by atoms with Crippen molar-refractivity contribution in [1.29, 1.82) is 0 Å². The van der Waals surface area contributed by atoms with Gasteiger partial charge in [0.2, 0.25) is 5.69 Å². The van der Waals surface area contributed by atoms with Crippen LogP contribution in [0.25, 0.3) is 6.08 Å². The lowest BCUT2D eigenvalue weighted by Crippen LogP contribution is -2.26. The van der Waals surface area contributed by atoms with Crippen LogP contribution in [0.5, 0.6) is 0 Å². The minimum Gasteiger partial charge on any atom is -0.756 e. The van der Waals surface area contributed by atoms with E-state index in [4.69, 9.17) is 30.8 Å². The zero-order chi connectivity index (χ0) is 24.1. The highest BCUT2D eigenvalue weighted by atomic mass is 35.5. The molecule has 0 unspecified atom stereocenters. The summed E-state index contributed by atoms with van der Waals surface area (Å²) in [6.45, 7) is 10.8. The van der Waals surface area contributed by atoms with E-state index in [1.54, 1.807) is 0 Å². The molecule has 2 N–H and O–H groups in total. The molecule has 0 amide bonds. The second-order valence-electron chi connectivity index (χ2n) is 8.22. The number of para-hydroxylation sites is 1. The minimum absolute atomic E-state index is 0.00142. The van der Waals surface area contributed by atoms with Crippen molar-refractivity contribution in [3.8, 4) is 0 Å². The van der Waals surface area contributed by atoms with Crippen molar-refractivity contribution in [2.45, 2.75) is 33.1 Å². The van der Waals surface area contributed by atoms with Crippen LogP contribution in [-0.2, 0) is 9.98 Å². The molecule has 0 atom stereocenters. The maximum atomic E-state index is 8.77. The van der Waals surface area contributed by atoms with Gasteiger partial charge in [-0.25, -0.2) is 0 Å². The Labute approximate surface area is 195 Å². The summed E-state index contributed by atoms with van der Waals surface area (Å²) in [5.41, 5.74) is 7.78. The number of hydrogen-bond donors (Lipinski definition) is 2. The van der Waals surface area contributed by atoms with Gasteiger partial charge in [0.1, 0.15) is 7.05 Å². The molecule has 0 bridgehead atoms. The fourth-order valence-electron chi connectivity index (χ4n) is 4.05. The van der Waals surface area contributed by atoms with Crippen LogP contribution in [0, 0.1) is 6.92 Å². The van der Waals surface area contributed by atoms with E-state index in [1.807, 2.05) is 0 Å². The van der Waals surface area contributed by atoms with Crippen LogP contribution in [0.1, 0.15) is 37.5 Å². The Morgan fingerprint density at radius 3 is 2.38 bits per heavy atom. The third kappa shape index (κ3) is 6.53. The molecule has 0 fully saturated rings. The first-order valence-corrected chi connectivity index (χ1v) is 12.5. The monoisotopic (exact) mass is 478 g/mol. The van der Waals surface area contributed by atoms with Crippen LogP contribution < -0.4 is 9.79 Å². The summed E-state index contributed by atoms with van der Waals surface area (Å²) in [5, 5.41) is 0. The van der Waals surface area contributed by atoms with Crippen molar-refractivity contribution in [3.63, 3.8) is 0 Å². The standard InChI is InChI=1S/C24H30ClN2.H3O4P/c1-6-27(16-15-25)20-13-11-18(2)19(17-20)12-14-23-24(3,4)21-9-7-8-10-22(21)26(23)5;1-5(2,3)4/h7-14,17H,6,15-16H2,1-5H3;(H3,1,2,3,4)/q+1;/p-1/b14-12+;. The fraction of sp³-hybridized carbons (Fsp3) is 0.375. The summed E-state index contributed by atoms with van der Waals surface area (Å²) < 4.78 is 11.1. The average Bonchev–Trinajstić information content (AvgIpc) is 2.90. The van der Waals surface area contributed by atoms with Crippen LogP contribution in [-0.4, -0.2) is 46.1 Å². The quantitative estimate of drug-likeness (QED) is 0.369. The lowest BCUT2D eigenvalue weighted by molar-refractivity contribution is -0.401. The summed E-state index contributed by atoms with van der Waals surface area (Å²) in [7, 11) is -2.73. The predicted octanol–water partition coefficient (Wildman–Crippen LogP) is 4.22. The van der Waals surface area contributed by atoms with Crippen molar-refractivity contribution in [3.05, 3.63) is 65.2 Å². The minimum atomic E-state index is -4.89. The van der Waals surface area contributed by atoms with E-state index in [-0.39, 0.29) is 5.41 Å². The summed E-state index contributed by atoms with van der Waals surface area (Å²) in [4.78, 5) is 25.2. The molecular formula is C24H32ClN2O4P. The summed E-state index contributed by atoms with van der Waals surface area (Å²) in [6.07, 6.45) is 4.54. The molecule has 1 aliphatic heterocycles. The van der Waals surface area contributed by atoms with Gasteiger partial charge in [0.15, 0.2) is 5.71 Å². The van der Waals surface area contributed by atoms with Gasteiger partial charge in [-0.3, -0.25) is 4.57 Å². The lowest BCUT2D eigenvalue weighted by Gasteiger charge is -2.22. The number of phosphoric acid groups is 1. The smallest absolute Gasteiger partial charge is 0.262 e. The molecule has 0 saturated carbocycles. The topological polar surface area (TPSA) is 86.8 Å². The molecule has 2 aromatic rings. The first-order valence-electron chi connectivity index (χ1n) is 10.5. The van der Waals surface area contributed by atoms with Gasteiger partial charge in [0, 0.05) is 42.4 Å². The van der Waals surface area contributed by atoms with Crippen LogP contribution >= 0.6 is 19.4 Å². The van der Waals surface area contributed by atoms with Gasteiger partial charge in [-0.05, 0) is 57.0 Å². The van der Waals surface area contributed by atoms with Gasteiger partial charge in [-0.15, -0.1) is 11.6 Å². The number of fused-ring (bicyclic) bond motifs is 1. The van der Waals surface area contributed by atoms with Gasteiger partial charge >= 0.3 is 0 Å². The number of anilines is 1. The Kier molecular flexibility index (Phi) is 8.86. The van der Waals surface area contributed by atoms with E-state index in [0.29, 0.717) is 5.88 Å². The fourth-order valence-corrected chi connectivity index (χ4v) is 4.25. The van der Waals surface area contributed by atoms with E-state index in [9.17, 15) is 0 Å². The number of allylic oxidation sites excluding steroid dienone is 1. The van der Waals surface area contributed by atoms with Crippen LogP contribution in [0.4, 0.5) is 11.4 Å². The van der Waals surface area contributed by atoms with Crippen LogP contribution in [0.3, 0.4) is 0 Å². The maximum Gasteiger partial charge on any atom is 0.262 e. The van der Waals surface area contributed by atoms with E-state index in [1.165, 1.54) is 33.8 Å². The molecule has 0 aromatic heterocycles. The largest absolute Gasteiger partial charge is 0.756 e. The Morgan fingerprint density at radius 1 is 1.19 bits per heavy atom. The number of benzene rings is 2. The number of alkyl halides is 1. The predicted molar refractivity (Wildman–Crippen MR) is 131 cm³/mol. The normalized spacial score (nSPS) is 14.9. The number of halogens is 1. The van der Waals surface area contributed by atoms with Gasteiger partial charge in [0.25, 0.3) is 7.82 Å². The van der Waals surface area contributed by atoms with Crippen molar-refractivity contribution >= 4 is 42.6 Å². The molecule has 0 saturated heterocycles. The highest BCUT2D eigenvalue weighted by molar-refractivity contribution is 7.43. The number of aryl methyl sites for hydroxylation is 1. The van der Waals surface area contributed by atoms with Gasteiger partial charge in [-0.1, -0.05) is 24.3 Å². The Morgan fingerprint density at radius 2 is 1.81 bits per heavy atom. The van der Waals surface area contributed by atoms with Crippen LogP contribution in [0.2, 0.25) is 0 Å². The number of nitrogens with zero attached hydrogens (tertiary/aromatic N) is 2. The Bertz CT molecular complexity index is 1050.